The van der Waals surface area contributed by atoms with Crippen LogP contribution in [0.1, 0.15) is 71.6 Å². The minimum absolute atomic E-state index is 0.496. The SMILES string of the molecule is COC1CCCC(NCC2(CC(C)C)CCCC2)C1. The third kappa shape index (κ3) is 4.46. The maximum atomic E-state index is 5.54. The van der Waals surface area contributed by atoms with Gasteiger partial charge in [-0.05, 0) is 56.3 Å². The van der Waals surface area contributed by atoms with Gasteiger partial charge in [-0.1, -0.05) is 26.7 Å². The lowest BCUT2D eigenvalue weighted by Crippen LogP contribution is -2.42. The molecule has 2 rings (SSSR count). The molecule has 0 aromatic carbocycles. The predicted octanol–water partition coefficient (Wildman–Crippen LogP) is 4.14. The number of rotatable bonds is 6. The first-order chi connectivity index (χ1) is 9.13. The summed E-state index contributed by atoms with van der Waals surface area (Å²) in [7, 11) is 1.87. The Labute approximate surface area is 119 Å². The molecule has 2 aliphatic carbocycles. The zero-order valence-electron chi connectivity index (χ0n) is 13.2. The highest BCUT2D eigenvalue weighted by Gasteiger charge is 2.35. The van der Waals surface area contributed by atoms with E-state index in [9.17, 15) is 0 Å². The van der Waals surface area contributed by atoms with Crippen LogP contribution in [0.25, 0.3) is 0 Å². The first-order valence-electron chi connectivity index (χ1n) is 8.40. The molecule has 0 aromatic rings. The molecule has 2 heteroatoms. The molecular formula is C17H33NO. The van der Waals surface area contributed by atoms with Gasteiger partial charge in [0.25, 0.3) is 0 Å². The fourth-order valence-electron chi connectivity index (χ4n) is 4.35. The van der Waals surface area contributed by atoms with Gasteiger partial charge in [-0.3, -0.25) is 0 Å². The quantitative estimate of drug-likeness (QED) is 0.781. The highest BCUT2D eigenvalue weighted by Crippen LogP contribution is 2.42. The van der Waals surface area contributed by atoms with Crippen molar-refractivity contribution in [2.75, 3.05) is 13.7 Å². The molecule has 0 aliphatic heterocycles. The molecule has 112 valence electrons. The van der Waals surface area contributed by atoms with Gasteiger partial charge in [0.1, 0.15) is 0 Å². The Morgan fingerprint density at radius 2 is 1.89 bits per heavy atom. The molecule has 2 unspecified atom stereocenters. The second-order valence-electron chi connectivity index (χ2n) is 7.41. The van der Waals surface area contributed by atoms with Crippen molar-refractivity contribution in [1.82, 2.24) is 5.32 Å². The van der Waals surface area contributed by atoms with Crippen LogP contribution >= 0.6 is 0 Å². The Balaban J connectivity index is 1.81. The number of methoxy groups -OCH3 is 1. The van der Waals surface area contributed by atoms with E-state index < -0.39 is 0 Å². The van der Waals surface area contributed by atoms with Crippen LogP contribution < -0.4 is 5.32 Å². The minimum atomic E-state index is 0.496. The molecule has 2 fully saturated rings. The number of hydrogen-bond donors (Lipinski definition) is 1. The summed E-state index contributed by atoms with van der Waals surface area (Å²) in [5, 5.41) is 3.89. The van der Waals surface area contributed by atoms with E-state index in [4.69, 9.17) is 4.74 Å². The molecule has 0 heterocycles. The lowest BCUT2D eigenvalue weighted by atomic mass is 9.78. The zero-order chi connectivity index (χ0) is 13.7. The first kappa shape index (κ1) is 15.3. The van der Waals surface area contributed by atoms with Crippen LogP contribution in [0.15, 0.2) is 0 Å². The van der Waals surface area contributed by atoms with Gasteiger partial charge in [0.15, 0.2) is 0 Å². The van der Waals surface area contributed by atoms with Crippen molar-refractivity contribution >= 4 is 0 Å². The topological polar surface area (TPSA) is 21.3 Å². The van der Waals surface area contributed by atoms with Gasteiger partial charge in [-0.25, -0.2) is 0 Å². The Morgan fingerprint density at radius 3 is 2.53 bits per heavy atom. The average Bonchev–Trinajstić information content (AvgIpc) is 2.85. The normalized spacial score (nSPS) is 30.9. The summed E-state index contributed by atoms with van der Waals surface area (Å²) in [6, 6.07) is 0.698. The van der Waals surface area contributed by atoms with Crippen molar-refractivity contribution in [3.8, 4) is 0 Å². The summed E-state index contributed by atoms with van der Waals surface area (Å²) >= 11 is 0. The summed E-state index contributed by atoms with van der Waals surface area (Å²) in [5.74, 6) is 0.831. The lowest BCUT2D eigenvalue weighted by Gasteiger charge is -2.35. The molecule has 0 radical (unpaired) electrons. The van der Waals surface area contributed by atoms with Crippen LogP contribution in [0.5, 0.6) is 0 Å². The van der Waals surface area contributed by atoms with Gasteiger partial charge < -0.3 is 10.1 Å². The van der Waals surface area contributed by atoms with Crippen LogP contribution in [0, 0.1) is 11.3 Å². The van der Waals surface area contributed by atoms with Crippen LogP contribution in [-0.2, 0) is 4.74 Å². The Morgan fingerprint density at radius 1 is 1.16 bits per heavy atom. The monoisotopic (exact) mass is 267 g/mol. The molecule has 0 spiro atoms. The van der Waals surface area contributed by atoms with E-state index in [1.165, 1.54) is 64.3 Å². The molecule has 2 saturated carbocycles. The van der Waals surface area contributed by atoms with E-state index in [2.05, 4.69) is 19.2 Å². The summed E-state index contributed by atoms with van der Waals surface area (Å²) in [5.41, 5.74) is 0.605. The molecule has 0 bridgehead atoms. The number of ether oxygens (including phenoxy) is 1. The zero-order valence-corrected chi connectivity index (χ0v) is 13.2. The fourth-order valence-corrected chi connectivity index (χ4v) is 4.35. The summed E-state index contributed by atoms with van der Waals surface area (Å²) < 4.78 is 5.54. The van der Waals surface area contributed by atoms with E-state index in [1.54, 1.807) is 0 Å². The van der Waals surface area contributed by atoms with Gasteiger partial charge in [-0.2, -0.15) is 0 Å². The molecule has 2 nitrogen and oxygen atoms in total. The standard InChI is InChI=1S/C17H33NO/c1-14(2)12-17(9-4-5-10-17)13-18-15-7-6-8-16(11-15)19-3/h14-16,18H,4-13H2,1-3H3. The largest absolute Gasteiger partial charge is 0.381 e. The molecule has 0 saturated heterocycles. The van der Waals surface area contributed by atoms with Crippen molar-refractivity contribution in [2.24, 2.45) is 11.3 Å². The summed E-state index contributed by atoms with van der Waals surface area (Å²) in [4.78, 5) is 0. The van der Waals surface area contributed by atoms with E-state index in [0.29, 0.717) is 17.6 Å². The fraction of sp³-hybridized carbons (Fsp3) is 1.00. The van der Waals surface area contributed by atoms with Crippen molar-refractivity contribution in [3.05, 3.63) is 0 Å². The van der Waals surface area contributed by atoms with Crippen molar-refractivity contribution in [2.45, 2.75) is 83.8 Å². The van der Waals surface area contributed by atoms with E-state index in [1.807, 2.05) is 7.11 Å². The van der Waals surface area contributed by atoms with Crippen LogP contribution in [0.2, 0.25) is 0 Å². The van der Waals surface area contributed by atoms with E-state index in [-0.39, 0.29) is 0 Å². The van der Waals surface area contributed by atoms with Gasteiger partial charge in [-0.15, -0.1) is 0 Å². The highest BCUT2D eigenvalue weighted by atomic mass is 16.5. The molecule has 2 atom stereocenters. The third-order valence-corrected chi connectivity index (χ3v) is 5.23. The number of nitrogens with one attached hydrogen (secondary N) is 1. The Bertz CT molecular complexity index is 258. The molecule has 19 heavy (non-hydrogen) atoms. The van der Waals surface area contributed by atoms with Gasteiger partial charge >= 0.3 is 0 Å². The van der Waals surface area contributed by atoms with Crippen LogP contribution in [0.4, 0.5) is 0 Å². The summed E-state index contributed by atoms with van der Waals surface area (Å²) in [6.45, 7) is 6.00. The Hall–Kier alpha value is -0.0800. The van der Waals surface area contributed by atoms with Crippen molar-refractivity contribution in [1.29, 1.82) is 0 Å². The van der Waals surface area contributed by atoms with Crippen molar-refractivity contribution in [3.63, 3.8) is 0 Å². The average molecular weight is 267 g/mol. The predicted molar refractivity (Wildman–Crippen MR) is 81.4 cm³/mol. The maximum Gasteiger partial charge on any atom is 0.0586 e. The number of hydrogen-bond acceptors (Lipinski definition) is 2. The highest BCUT2D eigenvalue weighted by molar-refractivity contribution is 4.89. The third-order valence-electron chi connectivity index (χ3n) is 5.23. The van der Waals surface area contributed by atoms with Crippen LogP contribution in [0.3, 0.4) is 0 Å². The minimum Gasteiger partial charge on any atom is -0.381 e. The maximum absolute atomic E-state index is 5.54. The second kappa shape index (κ2) is 7.08. The second-order valence-corrected chi connectivity index (χ2v) is 7.41. The lowest BCUT2D eigenvalue weighted by molar-refractivity contribution is 0.0558. The Kier molecular flexibility index (Phi) is 5.70. The molecule has 1 N–H and O–H groups in total. The van der Waals surface area contributed by atoms with Crippen molar-refractivity contribution < 1.29 is 4.74 Å². The van der Waals surface area contributed by atoms with Gasteiger partial charge in [0.05, 0.1) is 6.10 Å². The summed E-state index contributed by atoms with van der Waals surface area (Å²) in [6.07, 6.45) is 12.8. The van der Waals surface area contributed by atoms with Crippen LogP contribution in [-0.4, -0.2) is 25.8 Å². The van der Waals surface area contributed by atoms with E-state index >= 15 is 0 Å². The van der Waals surface area contributed by atoms with Gasteiger partial charge in [0.2, 0.25) is 0 Å². The molecular weight excluding hydrogens is 234 g/mol. The smallest absolute Gasteiger partial charge is 0.0586 e. The van der Waals surface area contributed by atoms with Gasteiger partial charge in [0, 0.05) is 19.7 Å². The first-order valence-corrected chi connectivity index (χ1v) is 8.40. The van der Waals surface area contributed by atoms with E-state index in [0.717, 1.165) is 5.92 Å². The molecule has 0 amide bonds. The molecule has 2 aliphatic rings. The molecule has 0 aromatic heterocycles.